The molecule has 1 aliphatic carbocycles. The Balaban J connectivity index is 1.63. The zero-order valence-corrected chi connectivity index (χ0v) is 11.7. The van der Waals surface area contributed by atoms with E-state index in [9.17, 15) is 0 Å². The number of aryl methyl sites for hydroxylation is 2. The molecule has 2 heterocycles. The Morgan fingerprint density at radius 2 is 1.95 bits per heavy atom. The fourth-order valence-electron chi connectivity index (χ4n) is 3.02. The molecule has 1 aromatic heterocycles. The molecule has 0 saturated heterocycles. The van der Waals surface area contributed by atoms with E-state index in [-0.39, 0.29) is 0 Å². The highest BCUT2D eigenvalue weighted by atomic mass is 32.1. The van der Waals surface area contributed by atoms with Crippen molar-refractivity contribution in [2.24, 2.45) is 0 Å². The van der Waals surface area contributed by atoms with Gasteiger partial charge in [-0.15, -0.1) is 11.3 Å². The van der Waals surface area contributed by atoms with Gasteiger partial charge in [0.2, 0.25) is 0 Å². The van der Waals surface area contributed by atoms with Gasteiger partial charge in [0.1, 0.15) is 0 Å². The first kappa shape index (κ1) is 11.3. The minimum absolute atomic E-state index is 0.860. The van der Waals surface area contributed by atoms with Crippen LogP contribution < -0.4 is 10.6 Å². The van der Waals surface area contributed by atoms with Gasteiger partial charge in [-0.05, 0) is 48.9 Å². The van der Waals surface area contributed by atoms with Crippen LogP contribution in [0.1, 0.15) is 34.5 Å². The molecule has 0 fully saturated rings. The van der Waals surface area contributed by atoms with E-state index in [0.29, 0.717) is 0 Å². The van der Waals surface area contributed by atoms with E-state index in [2.05, 4.69) is 17.0 Å². The minimum atomic E-state index is 0.860. The molecule has 1 aromatic carbocycles. The van der Waals surface area contributed by atoms with E-state index < -0.39 is 0 Å². The first-order chi connectivity index (χ1) is 9.29. The minimum Gasteiger partial charge on any atom is -0.399 e. The van der Waals surface area contributed by atoms with Gasteiger partial charge in [-0.1, -0.05) is 6.07 Å². The van der Waals surface area contributed by atoms with Gasteiger partial charge >= 0.3 is 0 Å². The lowest BCUT2D eigenvalue weighted by atomic mass is 10.0. The van der Waals surface area contributed by atoms with Gasteiger partial charge in [0.15, 0.2) is 5.13 Å². The first-order valence-electron chi connectivity index (χ1n) is 6.90. The summed E-state index contributed by atoms with van der Waals surface area (Å²) in [6, 6.07) is 6.25. The Morgan fingerprint density at radius 1 is 1.11 bits per heavy atom. The number of benzene rings is 1. The second-order valence-corrected chi connectivity index (χ2v) is 6.52. The number of hydrogen-bond acceptors (Lipinski definition) is 4. The molecular formula is C15H17N3S. The van der Waals surface area contributed by atoms with E-state index in [1.54, 1.807) is 0 Å². The van der Waals surface area contributed by atoms with Crippen LogP contribution in [0.15, 0.2) is 18.2 Å². The van der Waals surface area contributed by atoms with Crippen LogP contribution in [0.4, 0.5) is 10.8 Å². The molecular weight excluding hydrogens is 254 g/mol. The van der Waals surface area contributed by atoms with Crippen LogP contribution in [0.2, 0.25) is 0 Å². The lowest BCUT2D eigenvalue weighted by Gasteiger charge is -2.12. The van der Waals surface area contributed by atoms with Gasteiger partial charge in [-0.2, -0.15) is 0 Å². The van der Waals surface area contributed by atoms with Crippen LogP contribution >= 0.6 is 11.3 Å². The number of nitrogens with zero attached hydrogens (tertiary/aromatic N) is 2. The van der Waals surface area contributed by atoms with Gasteiger partial charge in [0, 0.05) is 23.7 Å². The fourth-order valence-corrected chi connectivity index (χ4v) is 4.17. The van der Waals surface area contributed by atoms with Crippen molar-refractivity contribution in [2.75, 3.05) is 10.6 Å². The maximum Gasteiger partial charge on any atom is 0.186 e. The van der Waals surface area contributed by atoms with Crippen molar-refractivity contribution in [3.8, 4) is 0 Å². The summed E-state index contributed by atoms with van der Waals surface area (Å²) in [7, 11) is 0. The van der Waals surface area contributed by atoms with Crippen molar-refractivity contribution >= 4 is 22.2 Å². The number of nitrogen functional groups attached to an aromatic ring is 1. The average molecular weight is 271 g/mol. The van der Waals surface area contributed by atoms with Gasteiger partial charge in [0.25, 0.3) is 0 Å². The SMILES string of the molecule is Nc1ccc2c(c1)CN(c1nc3c(s1)CCCC3)C2. The first-order valence-corrected chi connectivity index (χ1v) is 7.72. The second-order valence-electron chi connectivity index (χ2n) is 5.46. The van der Waals surface area contributed by atoms with E-state index in [0.717, 1.165) is 18.8 Å². The Labute approximate surface area is 117 Å². The number of fused-ring (bicyclic) bond motifs is 2. The Hall–Kier alpha value is -1.55. The van der Waals surface area contributed by atoms with Gasteiger partial charge in [-0.25, -0.2) is 4.98 Å². The monoisotopic (exact) mass is 271 g/mol. The van der Waals surface area contributed by atoms with E-state index in [1.807, 2.05) is 17.4 Å². The summed E-state index contributed by atoms with van der Waals surface area (Å²) in [6.07, 6.45) is 5.01. The predicted octanol–water partition coefficient (Wildman–Crippen LogP) is 3.12. The number of nitrogens with two attached hydrogens (primary N) is 1. The highest BCUT2D eigenvalue weighted by molar-refractivity contribution is 7.15. The third-order valence-electron chi connectivity index (χ3n) is 4.06. The summed E-state index contributed by atoms with van der Waals surface area (Å²) >= 11 is 1.89. The molecule has 0 amide bonds. The Kier molecular flexibility index (Phi) is 2.52. The molecule has 4 rings (SSSR count). The maximum atomic E-state index is 5.86. The molecule has 3 nitrogen and oxygen atoms in total. The molecule has 0 saturated carbocycles. The molecule has 0 unspecified atom stereocenters. The summed E-state index contributed by atoms with van der Waals surface area (Å²) in [4.78, 5) is 8.74. The summed E-state index contributed by atoms with van der Waals surface area (Å²) in [6.45, 7) is 1.93. The molecule has 0 radical (unpaired) electrons. The van der Waals surface area contributed by atoms with Crippen molar-refractivity contribution in [3.63, 3.8) is 0 Å². The largest absolute Gasteiger partial charge is 0.399 e. The third-order valence-corrected chi connectivity index (χ3v) is 5.28. The van der Waals surface area contributed by atoms with Gasteiger partial charge in [0.05, 0.1) is 5.69 Å². The maximum absolute atomic E-state index is 5.86. The Morgan fingerprint density at radius 3 is 2.84 bits per heavy atom. The smallest absolute Gasteiger partial charge is 0.186 e. The zero-order valence-electron chi connectivity index (χ0n) is 10.9. The lowest BCUT2D eigenvalue weighted by molar-refractivity contribution is 0.681. The quantitative estimate of drug-likeness (QED) is 0.810. The van der Waals surface area contributed by atoms with Gasteiger partial charge in [-0.3, -0.25) is 0 Å². The molecule has 0 atom stereocenters. The molecule has 2 aromatic rings. The number of hydrogen-bond donors (Lipinski definition) is 1. The van der Waals surface area contributed by atoms with E-state index in [4.69, 9.17) is 10.7 Å². The lowest BCUT2D eigenvalue weighted by Crippen LogP contribution is -2.14. The summed E-state index contributed by atoms with van der Waals surface area (Å²) in [5.74, 6) is 0. The number of thiazole rings is 1. The van der Waals surface area contributed by atoms with Crippen LogP contribution in [0.3, 0.4) is 0 Å². The standard InChI is InChI=1S/C15H17N3S/c16-12-6-5-10-8-18(9-11(10)7-12)15-17-13-3-1-2-4-14(13)19-15/h5-7H,1-4,8-9,16H2. The van der Waals surface area contributed by atoms with E-state index >= 15 is 0 Å². The molecule has 19 heavy (non-hydrogen) atoms. The normalized spacial score (nSPS) is 17.4. The van der Waals surface area contributed by atoms with Crippen LogP contribution in [0.5, 0.6) is 0 Å². The van der Waals surface area contributed by atoms with Crippen molar-refractivity contribution in [1.29, 1.82) is 0 Å². The van der Waals surface area contributed by atoms with Crippen LogP contribution in [0, 0.1) is 0 Å². The highest BCUT2D eigenvalue weighted by Crippen LogP contribution is 2.36. The van der Waals surface area contributed by atoms with Gasteiger partial charge < -0.3 is 10.6 Å². The van der Waals surface area contributed by atoms with Crippen molar-refractivity contribution in [2.45, 2.75) is 38.8 Å². The molecule has 0 bridgehead atoms. The third kappa shape index (κ3) is 1.91. The van der Waals surface area contributed by atoms with Crippen molar-refractivity contribution < 1.29 is 0 Å². The Bertz CT molecular complexity index is 609. The molecule has 2 N–H and O–H groups in total. The topological polar surface area (TPSA) is 42.1 Å². The summed E-state index contributed by atoms with van der Waals surface area (Å²) < 4.78 is 0. The van der Waals surface area contributed by atoms with Crippen molar-refractivity contribution in [3.05, 3.63) is 39.9 Å². The molecule has 0 spiro atoms. The molecule has 2 aliphatic rings. The molecule has 1 aliphatic heterocycles. The molecule has 4 heteroatoms. The number of aromatic nitrogens is 1. The summed E-state index contributed by atoms with van der Waals surface area (Å²) in [5, 5.41) is 1.20. The number of anilines is 2. The van der Waals surface area contributed by atoms with E-state index in [1.165, 1.54) is 52.5 Å². The van der Waals surface area contributed by atoms with Crippen LogP contribution in [-0.4, -0.2) is 4.98 Å². The summed E-state index contributed by atoms with van der Waals surface area (Å²) in [5.41, 5.74) is 10.8. The second kappa shape index (κ2) is 4.23. The number of rotatable bonds is 1. The zero-order chi connectivity index (χ0) is 12.8. The average Bonchev–Trinajstić information content (AvgIpc) is 3.00. The predicted molar refractivity (Wildman–Crippen MR) is 79.5 cm³/mol. The highest BCUT2D eigenvalue weighted by Gasteiger charge is 2.24. The van der Waals surface area contributed by atoms with Crippen molar-refractivity contribution in [1.82, 2.24) is 4.98 Å². The van der Waals surface area contributed by atoms with Crippen LogP contribution in [0.25, 0.3) is 0 Å². The molecule has 98 valence electrons. The van der Waals surface area contributed by atoms with Crippen LogP contribution in [-0.2, 0) is 25.9 Å². The fraction of sp³-hybridized carbons (Fsp3) is 0.400.